The topological polar surface area (TPSA) is 64.5 Å². The summed E-state index contributed by atoms with van der Waals surface area (Å²) in [5, 5.41) is 10.6. The van der Waals surface area contributed by atoms with Crippen molar-refractivity contribution in [1.29, 1.82) is 0 Å². The van der Waals surface area contributed by atoms with E-state index < -0.39 is 6.10 Å². The van der Waals surface area contributed by atoms with Gasteiger partial charge in [0.15, 0.2) is 0 Å². The summed E-state index contributed by atoms with van der Waals surface area (Å²) < 4.78 is 10.2. The fourth-order valence-corrected chi connectivity index (χ4v) is 3.01. The largest absolute Gasteiger partial charge is 0.480 e. The van der Waals surface area contributed by atoms with Crippen LogP contribution in [0.2, 0.25) is 0 Å². The maximum atomic E-state index is 10.6. The number of hydrogen-bond acceptors (Lipinski definition) is 5. The molecule has 1 atom stereocenters. The van der Waals surface area contributed by atoms with E-state index in [4.69, 9.17) is 9.47 Å². The van der Waals surface area contributed by atoms with Gasteiger partial charge in [-0.25, -0.2) is 4.98 Å². The molecule has 5 nitrogen and oxygen atoms in total. The summed E-state index contributed by atoms with van der Waals surface area (Å²) in [5.41, 5.74) is 0.616. The zero-order valence-electron chi connectivity index (χ0n) is 12.4. The van der Waals surface area contributed by atoms with E-state index in [2.05, 4.69) is 37.7 Å². The minimum absolute atomic E-state index is 0.0685. The average Bonchev–Trinajstić information content (AvgIpc) is 2.78. The van der Waals surface area contributed by atoms with Crippen LogP contribution in [0, 0.1) is 16.7 Å². The number of hydrogen-bond donors (Lipinski definition) is 1. The van der Waals surface area contributed by atoms with Gasteiger partial charge in [0.05, 0.1) is 20.4 Å². The third-order valence-electron chi connectivity index (χ3n) is 4.88. The second-order valence-electron chi connectivity index (χ2n) is 6.17. The normalized spacial score (nSPS) is 21.8. The van der Waals surface area contributed by atoms with Gasteiger partial charge in [-0.05, 0) is 10.8 Å². The minimum Gasteiger partial charge on any atom is -0.480 e. The first kappa shape index (κ1) is 14.1. The number of aliphatic hydroxyl groups is 1. The Hall–Kier alpha value is -1.36. The Morgan fingerprint density at radius 3 is 2.16 bits per heavy atom. The Morgan fingerprint density at radius 1 is 1.16 bits per heavy atom. The summed E-state index contributed by atoms with van der Waals surface area (Å²) in [4.78, 5) is 8.42. The van der Waals surface area contributed by atoms with Crippen molar-refractivity contribution in [2.75, 3.05) is 14.2 Å². The summed E-state index contributed by atoms with van der Waals surface area (Å²) in [5.74, 6) is 0.837. The highest BCUT2D eigenvalue weighted by atomic mass is 16.5. The molecule has 1 aromatic rings. The standard InChI is InChI=1S/C14H22N2O3/c1-13(2)11(14(13,3)4)10(17)9-12(19-6)16-8(18-5)7-15-9/h7,10-11,17H,1-6H3. The van der Waals surface area contributed by atoms with Crippen molar-refractivity contribution in [3.63, 3.8) is 0 Å². The lowest BCUT2D eigenvalue weighted by Gasteiger charge is -2.15. The second-order valence-corrected chi connectivity index (χ2v) is 6.17. The van der Waals surface area contributed by atoms with Gasteiger partial charge in [0.1, 0.15) is 11.8 Å². The van der Waals surface area contributed by atoms with Crippen LogP contribution in [0.3, 0.4) is 0 Å². The van der Waals surface area contributed by atoms with Gasteiger partial charge < -0.3 is 14.6 Å². The van der Waals surface area contributed by atoms with Crippen LogP contribution in [0.5, 0.6) is 11.8 Å². The van der Waals surface area contributed by atoms with Crippen molar-refractivity contribution in [3.8, 4) is 11.8 Å². The van der Waals surface area contributed by atoms with Gasteiger partial charge in [-0.1, -0.05) is 27.7 Å². The molecule has 0 spiro atoms. The first-order valence-electron chi connectivity index (χ1n) is 6.40. The lowest BCUT2D eigenvalue weighted by Crippen LogP contribution is -2.11. The number of aliphatic hydroxyl groups excluding tert-OH is 1. The lowest BCUT2D eigenvalue weighted by atomic mass is 10.0. The molecule has 2 rings (SSSR count). The Labute approximate surface area is 114 Å². The third kappa shape index (κ3) is 1.96. The van der Waals surface area contributed by atoms with Crippen LogP contribution in [0.25, 0.3) is 0 Å². The monoisotopic (exact) mass is 266 g/mol. The van der Waals surface area contributed by atoms with Crippen LogP contribution >= 0.6 is 0 Å². The molecule has 5 heteroatoms. The number of aromatic nitrogens is 2. The molecule has 1 heterocycles. The molecule has 1 N–H and O–H groups in total. The van der Waals surface area contributed by atoms with E-state index >= 15 is 0 Å². The van der Waals surface area contributed by atoms with Gasteiger partial charge in [0, 0.05) is 5.92 Å². The smallest absolute Gasteiger partial charge is 0.241 e. The fraction of sp³-hybridized carbons (Fsp3) is 0.714. The van der Waals surface area contributed by atoms with Crippen LogP contribution in [0.4, 0.5) is 0 Å². The molecule has 0 aliphatic heterocycles. The SMILES string of the molecule is COc1cnc(C(O)C2C(C)(C)C2(C)C)c(OC)n1. The first-order chi connectivity index (χ1) is 8.77. The number of rotatable bonds is 4. The molecule has 1 aliphatic carbocycles. The fourth-order valence-electron chi connectivity index (χ4n) is 3.01. The van der Waals surface area contributed by atoms with Crippen LogP contribution in [0.1, 0.15) is 39.5 Å². The maximum absolute atomic E-state index is 10.6. The molecular formula is C14H22N2O3. The highest BCUT2D eigenvalue weighted by Gasteiger charge is 2.67. The highest BCUT2D eigenvalue weighted by molar-refractivity contribution is 5.29. The van der Waals surface area contributed by atoms with Crippen molar-refractivity contribution >= 4 is 0 Å². The summed E-state index contributed by atoms with van der Waals surface area (Å²) in [6.07, 6.45) is 0.821. The van der Waals surface area contributed by atoms with Gasteiger partial charge in [-0.3, -0.25) is 0 Å². The van der Waals surface area contributed by atoms with Crippen molar-refractivity contribution < 1.29 is 14.6 Å². The van der Waals surface area contributed by atoms with Crippen molar-refractivity contribution in [3.05, 3.63) is 11.9 Å². The van der Waals surface area contributed by atoms with Gasteiger partial charge in [0.2, 0.25) is 11.8 Å². The zero-order valence-corrected chi connectivity index (χ0v) is 12.4. The predicted molar refractivity (Wildman–Crippen MR) is 71.1 cm³/mol. The number of ether oxygens (including phenoxy) is 2. The molecule has 1 unspecified atom stereocenters. The summed E-state index contributed by atoms with van der Waals surface area (Å²) in [6, 6.07) is 0. The van der Waals surface area contributed by atoms with E-state index in [9.17, 15) is 5.11 Å². The molecular weight excluding hydrogens is 244 g/mol. The summed E-state index contributed by atoms with van der Waals surface area (Å²) >= 11 is 0. The molecule has 106 valence electrons. The highest BCUT2D eigenvalue weighted by Crippen LogP contribution is 2.72. The number of methoxy groups -OCH3 is 2. The van der Waals surface area contributed by atoms with E-state index in [0.717, 1.165) is 0 Å². The molecule has 0 radical (unpaired) electrons. The maximum Gasteiger partial charge on any atom is 0.241 e. The third-order valence-corrected chi connectivity index (χ3v) is 4.88. The summed E-state index contributed by atoms with van der Waals surface area (Å²) in [6.45, 7) is 8.63. The van der Waals surface area contributed by atoms with Gasteiger partial charge in [-0.2, -0.15) is 4.98 Å². The van der Waals surface area contributed by atoms with Crippen LogP contribution < -0.4 is 9.47 Å². The van der Waals surface area contributed by atoms with Crippen LogP contribution in [-0.4, -0.2) is 29.3 Å². The Kier molecular flexibility index (Phi) is 3.21. The molecule has 0 bridgehead atoms. The van der Waals surface area contributed by atoms with E-state index in [1.807, 2.05) is 0 Å². The molecule has 0 amide bonds. The van der Waals surface area contributed by atoms with Crippen molar-refractivity contribution in [1.82, 2.24) is 9.97 Å². The molecule has 1 aliphatic rings. The second kappa shape index (κ2) is 4.34. The quantitative estimate of drug-likeness (QED) is 0.905. The Morgan fingerprint density at radius 2 is 1.74 bits per heavy atom. The van der Waals surface area contributed by atoms with Crippen molar-refractivity contribution in [2.24, 2.45) is 16.7 Å². The minimum atomic E-state index is -0.682. The number of nitrogens with zero attached hydrogens (tertiary/aromatic N) is 2. The molecule has 0 saturated heterocycles. The summed E-state index contributed by atoms with van der Waals surface area (Å²) in [7, 11) is 3.04. The van der Waals surface area contributed by atoms with Gasteiger partial charge >= 0.3 is 0 Å². The molecule has 1 saturated carbocycles. The van der Waals surface area contributed by atoms with Gasteiger partial charge in [0.25, 0.3) is 0 Å². The Bertz CT molecular complexity index is 472. The van der Waals surface area contributed by atoms with Gasteiger partial charge in [-0.15, -0.1) is 0 Å². The van der Waals surface area contributed by atoms with E-state index in [1.54, 1.807) is 0 Å². The van der Waals surface area contributed by atoms with E-state index in [1.165, 1.54) is 20.4 Å². The lowest BCUT2D eigenvalue weighted by molar-refractivity contribution is 0.121. The van der Waals surface area contributed by atoms with Crippen LogP contribution in [0.15, 0.2) is 6.20 Å². The Balaban J connectivity index is 2.33. The first-order valence-corrected chi connectivity index (χ1v) is 6.40. The molecule has 0 aromatic carbocycles. The average molecular weight is 266 g/mol. The predicted octanol–water partition coefficient (Wildman–Crippen LogP) is 2.21. The zero-order chi connectivity index (χ0) is 14.4. The molecule has 1 fully saturated rings. The van der Waals surface area contributed by atoms with E-state index in [0.29, 0.717) is 17.5 Å². The molecule has 19 heavy (non-hydrogen) atoms. The molecule has 1 aromatic heterocycles. The van der Waals surface area contributed by atoms with Crippen LogP contribution in [-0.2, 0) is 0 Å². The van der Waals surface area contributed by atoms with Crippen molar-refractivity contribution in [2.45, 2.75) is 33.8 Å². The van der Waals surface area contributed by atoms with E-state index in [-0.39, 0.29) is 16.7 Å².